The second-order valence-corrected chi connectivity index (χ2v) is 6.43. The lowest BCUT2D eigenvalue weighted by atomic mass is 9.97. The third-order valence-electron chi connectivity index (χ3n) is 2.49. The van der Waals surface area contributed by atoms with E-state index >= 15 is 0 Å². The van der Waals surface area contributed by atoms with Gasteiger partial charge < -0.3 is 10.6 Å². The first-order chi connectivity index (χ1) is 8.84. The molecule has 0 bridgehead atoms. The SMILES string of the molecule is CC(=O)CC(C)(C)NC(=O)C(=O)NC(C)(C)CC(C)=O. The zero-order valence-corrected chi connectivity index (χ0v) is 13.0. The molecule has 6 nitrogen and oxygen atoms in total. The molecule has 0 aromatic heterocycles. The van der Waals surface area contributed by atoms with Crippen LogP contribution in [0.5, 0.6) is 0 Å². The summed E-state index contributed by atoms with van der Waals surface area (Å²) in [6, 6.07) is 0. The number of carbonyl (C=O) groups is 4. The van der Waals surface area contributed by atoms with Crippen molar-refractivity contribution in [2.75, 3.05) is 0 Å². The van der Waals surface area contributed by atoms with E-state index in [4.69, 9.17) is 0 Å². The van der Waals surface area contributed by atoms with Crippen LogP contribution in [0.1, 0.15) is 54.4 Å². The summed E-state index contributed by atoms with van der Waals surface area (Å²) in [7, 11) is 0. The number of amides is 2. The summed E-state index contributed by atoms with van der Waals surface area (Å²) < 4.78 is 0. The van der Waals surface area contributed by atoms with E-state index in [1.165, 1.54) is 13.8 Å². The van der Waals surface area contributed by atoms with Crippen molar-refractivity contribution in [2.24, 2.45) is 0 Å². The van der Waals surface area contributed by atoms with E-state index in [1.807, 2.05) is 0 Å². The van der Waals surface area contributed by atoms with Crippen molar-refractivity contribution in [3.63, 3.8) is 0 Å². The van der Waals surface area contributed by atoms with Crippen molar-refractivity contribution in [1.29, 1.82) is 0 Å². The van der Waals surface area contributed by atoms with E-state index in [0.717, 1.165) is 0 Å². The fraction of sp³-hybridized carbons (Fsp3) is 0.714. The number of carbonyl (C=O) groups excluding carboxylic acids is 4. The Morgan fingerprint density at radius 3 is 1.15 bits per heavy atom. The molecular weight excluding hydrogens is 260 g/mol. The highest BCUT2D eigenvalue weighted by molar-refractivity contribution is 6.35. The summed E-state index contributed by atoms with van der Waals surface area (Å²) >= 11 is 0. The van der Waals surface area contributed by atoms with E-state index in [1.54, 1.807) is 27.7 Å². The van der Waals surface area contributed by atoms with Crippen LogP contribution in [0.25, 0.3) is 0 Å². The maximum absolute atomic E-state index is 11.8. The van der Waals surface area contributed by atoms with Crippen LogP contribution in [0.3, 0.4) is 0 Å². The third-order valence-corrected chi connectivity index (χ3v) is 2.49. The molecule has 0 aromatic rings. The van der Waals surface area contributed by atoms with Crippen molar-refractivity contribution >= 4 is 23.4 Å². The number of hydrogen-bond acceptors (Lipinski definition) is 4. The molecule has 0 saturated heterocycles. The Morgan fingerprint density at radius 1 is 0.700 bits per heavy atom. The molecule has 0 fully saturated rings. The highest BCUT2D eigenvalue weighted by atomic mass is 16.2. The lowest BCUT2D eigenvalue weighted by Crippen LogP contribution is -2.54. The third kappa shape index (κ3) is 7.66. The van der Waals surface area contributed by atoms with Crippen molar-refractivity contribution in [1.82, 2.24) is 10.6 Å². The lowest BCUT2D eigenvalue weighted by molar-refractivity contribution is -0.141. The van der Waals surface area contributed by atoms with Crippen LogP contribution < -0.4 is 10.6 Å². The largest absolute Gasteiger partial charge is 0.343 e. The minimum atomic E-state index is -0.812. The molecule has 0 aromatic carbocycles. The zero-order chi connectivity index (χ0) is 16.1. The van der Waals surface area contributed by atoms with E-state index in [0.29, 0.717) is 0 Å². The summed E-state index contributed by atoms with van der Waals surface area (Å²) in [4.78, 5) is 45.7. The zero-order valence-electron chi connectivity index (χ0n) is 13.0. The smallest absolute Gasteiger partial charge is 0.309 e. The maximum atomic E-state index is 11.8. The Kier molecular flexibility index (Phi) is 6.06. The minimum Gasteiger partial charge on any atom is -0.343 e. The van der Waals surface area contributed by atoms with Gasteiger partial charge >= 0.3 is 11.8 Å². The van der Waals surface area contributed by atoms with Gasteiger partial charge in [0.25, 0.3) is 0 Å². The average Bonchev–Trinajstić information content (AvgIpc) is 2.10. The van der Waals surface area contributed by atoms with Gasteiger partial charge in [-0.05, 0) is 41.5 Å². The topological polar surface area (TPSA) is 92.3 Å². The molecule has 0 aliphatic rings. The lowest BCUT2D eigenvalue weighted by Gasteiger charge is -2.28. The Hall–Kier alpha value is -1.72. The summed E-state index contributed by atoms with van der Waals surface area (Å²) in [6.07, 6.45) is 0.283. The summed E-state index contributed by atoms with van der Waals surface area (Å²) in [6.45, 7) is 9.51. The maximum Gasteiger partial charge on any atom is 0.309 e. The van der Waals surface area contributed by atoms with E-state index in [2.05, 4.69) is 10.6 Å². The summed E-state index contributed by atoms with van der Waals surface area (Å²) in [5.41, 5.74) is -1.57. The fourth-order valence-corrected chi connectivity index (χ4v) is 2.06. The molecule has 0 radical (unpaired) electrons. The Bertz CT molecular complexity index is 385. The molecule has 2 N–H and O–H groups in total. The van der Waals surface area contributed by atoms with Gasteiger partial charge in [0.1, 0.15) is 11.6 Å². The molecule has 0 saturated carbocycles. The minimum absolute atomic E-state index is 0.0763. The first kappa shape index (κ1) is 18.3. The molecule has 0 unspecified atom stereocenters. The predicted octanol–water partition coefficient (Wildman–Crippen LogP) is 0.734. The van der Waals surface area contributed by atoms with Crippen molar-refractivity contribution < 1.29 is 19.2 Å². The molecular formula is C14H24N2O4. The molecule has 0 spiro atoms. The Labute approximate surface area is 119 Å². The molecule has 0 rings (SSSR count). The molecule has 0 atom stereocenters. The van der Waals surface area contributed by atoms with E-state index < -0.39 is 22.9 Å². The first-order valence-electron chi connectivity index (χ1n) is 6.48. The number of hydrogen-bond donors (Lipinski definition) is 2. The van der Waals surface area contributed by atoms with Crippen LogP contribution in [-0.4, -0.2) is 34.5 Å². The van der Waals surface area contributed by atoms with Gasteiger partial charge in [0.05, 0.1) is 0 Å². The van der Waals surface area contributed by atoms with Crippen LogP contribution in [0, 0.1) is 0 Å². The van der Waals surface area contributed by atoms with Crippen LogP contribution in [0.15, 0.2) is 0 Å². The van der Waals surface area contributed by atoms with Crippen LogP contribution in [-0.2, 0) is 19.2 Å². The van der Waals surface area contributed by atoms with E-state index in [-0.39, 0.29) is 24.4 Å². The molecule has 6 heteroatoms. The highest BCUT2D eigenvalue weighted by Gasteiger charge is 2.29. The summed E-state index contributed by atoms with van der Waals surface area (Å²) in [5, 5.41) is 5.01. The quantitative estimate of drug-likeness (QED) is 0.703. The molecule has 114 valence electrons. The van der Waals surface area contributed by atoms with Crippen LogP contribution in [0.2, 0.25) is 0 Å². The molecule has 0 heterocycles. The standard InChI is InChI=1S/C14H24N2O4/c1-9(17)7-13(3,4)15-11(19)12(20)16-14(5,6)8-10(2)18/h7-8H2,1-6H3,(H,15,19)(H,16,20). The van der Waals surface area contributed by atoms with Gasteiger partial charge in [-0.15, -0.1) is 0 Å². The molecule has 20 heavy (non-hydrogen) atoms. The number of nitrogens with one attached hydrogen (secondary N) is 2. The molecule has 2 amide bonds. The summed E-state index contributed by atoms with van der Waals surface area (Å²) in [5.74, 6) is -1.78. The van der Waals surface area contributed by atoms with Crippen LogP contribution in [0.4, 0.5) is 0 Å². The number of Topliss-reactive ketones (excluding diaryl/α,β-unsaturated/α-hetero) is 2. The van der Waals surface area contributed by atoms with Gasteiger partial charge in [-0.3, -0.25) is 19.2 Å². The fourth-order valence-electron chi connectivity index (χ4n) is 2.06. The average molecular weight is 284 g/mol. The van der Waals surface area contributed by atoms with Gasteiger partial charge in [-0.1, -0.05) is 0 Å². The van der Waals surface area contributed by atoms with Crippen molar-refractivity contribution in [3.05, 3.63) is 0 Å². The van der Waals surface area contributed by atoms with Gasteiger partial charge in [0, 0.05) is 23.9 Å². The second-order valence-electron chi connectivity index (χ2n) is 6.43. The normalized spacial score (nSPS) is 11.7. The van der Waals surface area contributed by atoms with Gasteiger partial charge in [-0.2, -0.15) is 0 Å². The van der Waals surface area contributed by atoms with Gasteiger partial charge in [-0.25, -0.2) is 0 Å². The monoisotopic (exact) mass is 284 g/mol. The van der Waals surface area contributed by atoms with Gasteiger partial charge in [0.15, 0.2) is 0 Å². The van der Waals surface area contributed by atoms with Gasteiger partial charge in [0.2, 0.25) is 0 Å². The highest BCUT2D eigenvalue weighted by Crippen LogP contribution is 2.10. The predicted molar refractivity (Wildman–Crippen MR) is 75.0 cm³/mol. The first-order valence-corrected chi connectivity index (χ1v) is 6.48. The Balaban J connectivity index is 4.60. The molecule has 0 aliphatic heterocycles. The number of ketones is 2. The van der Waals surface area contributed by atoms with Crippen LogP contribution >= 0.6 is 0 Å². The van der Waals surface area contributed by atoms with Crippen molar-refractivity contribution in [2.45, 2.75) is 65.5 Å². The molecule has 0 aliphatic carbocycles. The number of rotatable bonds is 6. The Morgan fingerprint density at radius 2 is 0.950 bits per heavy atom. The second kappa shape index (κ2) is 6.63. The van der Waals surface area contributed by atoms with Crippen molar-refractivity contribution in [3.8, 4) is 0 Å². The van der Waals surface area contributed by atoms with E-state index in [9.17, 15) is 19.2 Å².